The number of fused-ring (bicyclic) bond motifs is 5. The summed E-state index contributed by atoms with van der Waals surface area (Å²) in [5, 5.41) is 0. The Bertz CT molecular complexity index is 1830. The average Bonchev–Trinajstić information content (AvgIpc) is 3.46. The van der Waals surface area contributed by atoms with Gasteiger partial charge in [0.15, 0.2) is 28.8 Å². The van der Waals surface area contributed by atoms with Crippen LogP contribution in [0.1, 0.15) is 53.7 Å². The first kappa shape index (κ1) is 26.8. The van der Waals surface area contributed by atoms with Gasteiger partial charge in [0.2, 0.25) is 0 Å². The highest BCUT2D eigenvalue weighted by Crippen LogP contribution is 2.62. The van der Waals surface area contributed by atoms with Gasteiger partial charge in [-0.15, -0.1) is 0 Å². The number of benzene rings is 4. The van der Waals surface area contributed by atoms with Crippen molar-refractivity contribution in [3.63, 3.8) is 0 Å². The van der Waals surface area contributed by atoms with Crippen LogP contribution in [-0.2, 0) is 0 Å². The maximum absolute atomic E-state index is 14.8. The van der Waals surface area contributed by atoms with Crippen LogP contribution in [-0.4, -0.2) is 43.7 Å². The average molecular weight is 574 g/mol. The number of para-hydroxylation sites is 1. The molecule has 4 aromatic carbocycles. The molecule has 43 heavy (non-hydrogen) atoms. The second-order valence-electron chi connectivity index (χ2n) is 11.2. The quantitative estimate of drug-likeness (QED) is 0.201. The normalized spacial score (nSPS) is 21.0. The summed E-state index contributed by atoms with van der Waals surface area (Å²) >= 11 is 0. The van der Waals surface area contributed by atoms with E-state index in [1.165, 1.54) is 26.4 Å². The molecule has 3 aliphatic rings. The van der Waals surface area contributed by atoms with E-state index < -0.39 is 29.2 Å². The van der Waals surface area contributed by atoms with Gasteiger partial charge in [0, 0.05) is 39.4 Å². The number of anilines is 1. The summed E-state index contributed by atoms with van der Waals surface area (Å²) in [6, 6.07) is 21.8. The van der Waals surface area contributed by atoms with Crippen molar-refractivity contribution in [3.05, 3.63) is 130 Å². The van der Waals surface area contributed by atoms with Crippen molar-refractivity contribution < 1.29 is 28.2 Å². The van der Waals surface area contributed by atoms with Crippen molar-refractivity contribution in [2.24, 2.45) is 5.41 Å². The van der Waals surface area contributed by atoms with Crippen molar-refractivity contribution in [1.29, 1.82) is 0 Å². The maximum Gasteiger partial charge on any atom is 0.185 e. The first-order chi connectivity index (χ1) is 20.8. The van der Waals surface area contributed by atoms with Gasteiger partial charge in [0.1, 0.15) is 17.3 Å². The topological polar surface area (TPSA) is 72.9 Å². The monoisotopic (exact) mass is 573 g/mol. The summed E-state index contributed by atoms with van der Waals surface area (Å²) in [5.74, 6) is -1.63. The standard InChI is InChI=1S/C36H28FNO5/c1-20-11-13-21(14-12-20)32(39)31-30(26-9-6-10-28(42-2)33(26)43-3)36(34(40)24-7-4-5-8-25(24)35(36)41)29-18-15-22-19-23(37)16-17-27(22)38(29)31/h4-19,29-31H,1-3H3. The first-order valence-corrected chi connectivity index (χ1v) is 14.1. The molecule has 0 saturated carbocycles. The molecule has 0 aromatic heterocycles. The van der Waals surface area contributed by atoms with Gasteiger partial charge in [-0.3, -0.25) is 14.4 Å². The van der Waals surface area contributed by atoms with E-state index in [1.807, 2.05) is 24.0 Å². The van der Waals surface area contributed by atoms with Gasteiger partial charge in [-0.25, -0.2) is 4.39 Å². The molecule has 4 aromatic rings. The van der Waals surface area contributed by atoms with Gasteiger partial charge in [-0.2, -0.15) is 0 Å². The highest BCUT2D eigenvalue weighted by atomic mass is 19.1. The van der Waals surface area contributed by atoms with E-state index in [4.69, 9.17) is 9.47 Å². The Morgan fingerprint density at radius 2 is 1.56 bits per heavy atom. The number of methoxy groups -OCH3 is 2. The van der Waals surface area contributed by atoms with E-state index in [9.17, 15) is 18.8 Å². The number of carbonyl (C=O) groups excluding carboxylic acids is 3. The van der Waals surface area contributed by atoms with Crippen LogP contribution in [0.15, 0.2) is 91.0 Å². The van der Waals surface area contributed by atoms with Crippen LogP contribution < -0.4 is 14.4 Å². The molecule has 3 atom stereocenters. The molecule has 214 valence electrons. The zero-order chi connectivity index (χ0) is 30.0. The fraction of sp³-hybridized carbons (Fsp3) is 0.194. The maximum atomic E-state index is 14.8. The summed E-state index contributed by atoms with van der Waals surface area (Å²) in [4.78, 5) is 46.3. The number of nitrogens with zero attached hydrogens (tertiary/aromatic N) is 1. The fourth-order valence-electron chi connectivity index (χ4n) is 7.34. The molecule has 0 radical (unpaired) electrons. The van der Waals surface area contributed by atoms with E-state index in [0.29, 0.717) is 45.0 Å². The van der Waals surface area contributed by atoms with Crippen LogP contribution in [0.2, 0.25) is 0 Å². The van der Waals surface area contributed by atoms with Gasteiger partial charge < -0.3 is 14.4 Å². The number of ketones is 3. The van der Waals surface area contributed by atoms with Crippen molar-refractivity contribution in [2.75, 3.05) is 19.1 Å². The Morgan fingerprint density at radius 1 is 0.860 bits per heavy atom. The van der Waals surface area contributed by atoms with Gasteiger partial charge in [-0.05, 0) is 31.2 Å². The van der Waals surface area contributed by atoms with Crippen LogP contribution in [0.25, 0.3) is 6.08 Å². The minimum atomic E-state index is -1.71. The van der Waals surface area contributed by atoms with E-state index in [2.05, 4.69) is 0 Å². The largest absolute Gasteiger partial charge is 0.493 e. The first-order valence-electron chi connectivity index (χ1n) is 14.1. The lowest BCUT2D eigenvalue weighted by atomic mass is 9.64. The minimum absolute atomic E-state index is 0.265. The third kappa shape index (κ3) is 3.60. The molecule has 2 aliphatic heterocycles. The zero-order valence-corrected chi connectivity index (χ0v) is 23.8. The molecule has 0 amide bonds. The Kier molecular flexibility index (Phi) is 6.09. The molecule has 7 heteroatoms. The number of aryl methyl sites for hydroxylation is 1. The van der Waals surface area contributed by atoms with E-state index >= 15 is 0 Å². The molecule has 1 saturated heterocycles. The Hall–Kier alpha value is -5.04. The zero-order valence-electron chi connectivity index (χ0n) is 23.8. The predicted molar refractivity (Wildman–Crippen MR) is 161 cm³/mol. The minimum Gasteiger partial charge on any atom is -0.493 e. The molecule has 0 bridgehead atoms. The van der Waals surface area contributed by atoms with Crippen LogP contribution in [0, 0.1) is 18.2 Å². The molecular weight excluding hydrogens is 545 g/mol. The van der Waals surface area contributed by atoms with Gasteiger partial charge in [-0.1, -0.05) is 78.4 Å². The predicted octanol–water partition coefficient (Wildman–Crippen LogP) is 6.47. The summed E-state index contributed by atoms with van der Waals surface area (Å²) in [6.45, 7) is 1.94. The highest BCUT2D eigenvalue weighted by Gasteiger charge is 2.72. The molecular formula is C36H28FNO5. The van der Waals surface area contributed by atoms with E-state index in [-0.39, 0.29) is 17.3 Å². The summed E-state index contributed by atoms with van der Waals surface area (Å²) in [6.07, 6.45) is 3.51. The number of carbonyl (C=O) groups is 3. The highest BCUT2D eigenvalue weighted by molar-refractivity contribution is 6.32. The molecule has 6 nitrogen and oxygen atoms in total. The number of rotatable bonds is 5. The van der Waals surface area contributed by atoms with E-state index in [1.54, 1.807) is 72.8 Å². The molecule has 7 rings (SSSR count). The fourth-order valence-corrected chi connectivity index (χ4v) is 7.34. The molecule has 2 heterocycles. The lowest BCUT2D eigenvalue weighted by Crippen LogP contribution is -2.48. The van der Waals surface area contributed by atoms with Gasteiger partial charge in [0.05, 0.1) is 20.3 Å². The van der Waals surface area contributed by atoms with Gasteiger partial charge >= 0.3 is 0 Å². The Morgan fingerprint density at radius 3 is 2.21 bits per heavy atom. The van der Waals surface area contributed by atoms with E-state index in [0.717, 1.165) is 5.56 Å². The molecule has 3 unspecified atom stereocenters. The summed E-state index contributed by atoms with van der Waals surface area (Å²) < 4.78 is 26.0. The number of Topliss-reactive ketones (excluding diaryl/α,β-unsaturated/α-hetero) is 3. The Balaban J connectivity index is 1.58. The second kappa shape index (κ2) is 9.76. The smallest absolute Gasteiger partial charge is 0.185 e. The molecule has 1 fully saturated rings. The third-order valence-corrected chi connectivity index (χ3v) is 9.14. The van der Waals surface area contributed by atoms with Crippen molar-refractivity contribution in [2.45, 2.75) is 24.9 Å². The van der Waals surface area contributed by atoms with Crippen LogP contribution in [0.3, 0.4) is 0 Å². The lowest BCUT2D eigenvalue weighted by molar-refractivity contribution is 0.0664. The van der Waals surface area contributed by atoms with Crippen LogP contribution in [0.4, 0.5) is 10.1 Å². The summed E-state index contributed by atoms with van der Waals surface area (Å²) in [5.41, 5.74) is 1.99. The second-order valence-corrected chi connectivity index (χ2v) is 11.2. The third-order valence-electron chi connectivity index (χ3n) is 9.14. The molecule has 0 N–H and O–H groups in total. The van der Waals surface area contributed by atoms with Gasteiger partial charge in [0.25, 0.3) is 0 Å². The number of hydrogen-bond donors (Lipinski definition) is 0. The van der Waals surface area contributed by atoms with Crippen molar-refractivity contribution >= 4 is 29.1 Å². The van der Waals surface area contributed by atoms with Crippen molar-refractivity contribution in [3.8, 4) is 11.5 Å². The van der Waals surface area contributed by atoms with Crippen LogP contribution >= 0.6 is 0 Å². The van der Waals surface area contributed by atoms with Crippen molar-refractivity contribution in [1.82, 2.24) is 0 Å². The molecule has 1 spiro atoms. The lowest BCUT2D eigenvalue weighted by Gasteiger charge is -2.37. The Labute approximate surface area is 248 Å². The number of ether oxygens (including phenoxy) is 2. The number of halogens is 1. The molecule has 1 aliphatic carbocycles. The SMILES string of the molecule is COc1cccc(C2C(C(=O)c3ccc(C)cc3)N3c4ccc(F)cc4C=CC3C23C(=O)c2ccccc2C3=O)c1OC. The number of hydrogen-bond acceptors (Lipinski definition) is 6. The summed E-state index contributed by atoms with van der Waals surface area (Å²) in [7, 11) is 3.01. The van der Waals surface area contributed by atoms with Crippen LogP contribution in [0.5, 0.6) is 11.5 Å².